The van der Waals surface area contributed by atoms with Crippen LogP contribution >= 0.6 is 0 Å². The highest BCUT2D eigenvalue weighted by molar-refractivity contribution is 6.04. The zero-order valence-corrected chi connectivity index (χ0v) is 12.5. The van der Waals surface area contributed by atoms with E-state index in [1.165, 1.54) is 17.5 Å². The summed E-state index contributed by atoms with van der Waals surface area (Å²) in [6.45, 7) is 0.910. The molecule has 2 heterocycles. The van der Waals surface area contributed by atoms with E-state index in [4.69, 9.17) is 4.42 Å². The van der Waals surface area contributed by atoms with Crippen molar-refractivity contribution >= 4 is 23.0 Å². The molecule has 4 heteroatoms. The van der Waals surface area contributed by atoms with Gasteiger partial charge in [-0.15, -0.1) is 0 Å². The smallest absolute Gasteiger partial charge is 0.291 e. The SMILES string of the molecule is O=C(Nc1ccccc1N1CCc2ccccc21)c1ccco1. The molecule has 0 fully saturated rings. The van der Waals surface area contributed by atoms with E-state index in [1.807, 2.05) is 30.3 Å². The van der Waals surface area contributed by atoms with E-state index in [0.29, 0.717) is 5.76 Å². The van der Waals surface area contributed by atoms with Gasteiger partial charge in [-0.1, -0.05) is 30.3 Å². The number of hydrogen-bond acceptors (Lipinski definition) is 3. The lowest BCUT2D eigenvalue weighted by molar-refractivity contribution is 0.0996. The lowest BCUT2D eigenvalue weighted by Gasteiger charge is -2.22. The molecule has 23 heavy (non-hydrogen) atoms. The molecule has 1 amide bonds. The van der Waals surface area contributed by atoms with Crippen LogP contribution in [0.1, 0.15) is 16.1 Å². The monoisotopic (exact) mass is 304 g/mol. The Morgan fingerprint density at radius 1 is 0.957 bits per heavy atom. The fourth-order valence-electron chi connectivity index (χ4n) is 2.99. The third-order valence-electron chi connectivity index (χ3n) is 4.08. The zero-order valence-electron chi connectivity index (χ0n) is 12.5. The number of nitrogens with one attached hydrogen (secondary N) is 1. The third-order valence-corrected chi connectivity index (χ3v) is 4.08. The van der Waals surface area contributed by atoms with Gasteiger partial charge < -0.3 is 14.6 Å². The summed E-state index contributed by atoms with van der Waals surface area (Å²) in [5, 5.41) is 2.95. The highest BCUT2D eigenvalue weighted by atomic mass is 16.3. The molecule has 4 nitrogen and oxygen atoms in total. The number of hydrogen-bond donors (Lipinski definition) is 1. The van der Waals surface area contributed by atoms with Crippen LogP contribution in [-0.2, 0) is 6.42 Å². The quantitative estimate of drug-likeness (QED) is 0.787. The molecular formula is C19H16N2O2. The zero-order chi connectivity index (χ0) is 15.6. The van der Waals surface area contributed by atoms with Crippen molar-refractivity contribution in [2.45, 2.75) is 6.42 Å². The lowest BCUT2D eigenvalue weighted by atomic mass is 10.1. The van der Waals surface area contributed by atoms with Gasteiger partial charge in [-0.2, -0.15) is 0 Å². The predicted octanol–water partition coefficient (Wildman–Crippen LogP) is 4.23. The molecule has 0 atom stereocenters. The Kier molecular flexibility index (Phi) is 3.35. The molecule has 2 aromatic carbocycles. The van der Waals surface area contributed by atoms with E-state index >= 15 is 0 Å². The number of rotatable bonds is 3. The van der Waals surface area contributed by atoms with Crippen LogP contribution in [0.4, 0.5) is 17.1 Å². The molecule has 1 aromatic heterocycles. The first-order valence-corrected chi connectivity index (χ1v) is 7.62. The maximum Gasteiger partial charge on any atom is 0.291 e. The molecular weight excluding hydrogens is 288 g/mol. The molecule has 0 saturated heterocycles. The summed E-state index contributed by atoms with van der Waals surface area (Å²) in [7, 11) is 0. The minimum atomic E-state index is -0.241. The fraction of sp³-hybridized carbons (Fsp3) is 0.105. The molecule has 114 valence electrons. The molecule has 1 aliphatic rings. The number of nitrogens with zero attached hydrogens (tertiary/aromatic N) is 1. The summed E-state index contributed by atoms with van der Waals surface area (Å²) < 4.78 is 5.16. The molecule has 0 saturated carbocycles. The Morgan fingerprint density at radius 3 is 2.57 bits per heavy atom. The topological polar surface area (TPSA) is 45.5 Å². The minimum absolute atomic E-state index is 0.241. The number of anilines is 3. The van der Waals surface area contributed by atoms with Gasteiger partial charge in [0.05, 0.1) is 17.6 Å². The molecule has 3 aromatic rings. The van der Waals surface area contributed by atoms with Crippen LogP contribution in [0.2, 0.25) is 0 Å². The van der Waals surface area contributed by atoms with Crippen molar-refractivity contribution in [1.29, 1.82) is 0 Å². The van der Waals surface area contributed by atoms with Crippen LogP contribution in [0, 0.1) is 0 Å². The first-order chi connectivity index (χ1) is 11.3. The lowest BCUT2D eigenvalue weighted by Crippen LogP contribution is -2.18. The van der Waals surface area contributed by atoms with Crippen LogP contribution < -0.4 is 10.2 Å². The number of carbonyl (C=O) groups is 1. The van der Waals surface area contributed by atoms with E-state index in [1.54, 1.807) is 12.1 Å². The Balaban J connectivity index is 1.67. The Labute approximate surface area is 134 Å². The van der Waals surface area contributed by atoms with Crippen LogP contribution in [0.3, 0.4) is 0 Å². The maximum absolute atomic E-state index is 12.3. The van der Waals surface area contributed by atoms with Gasteiger partial charge in [0.15, 0.2) is 5.76 Å². The van der Waals surface area contributed by atoms with Gasteiger partial charge in [0.25, 0.3) is 5.91 Å². The number of fused-ring (bicyclic) bond motifs is 1. The van der Waals surface area contributed by atoms with Gasteiger partial charge in [-0.3, -0.25) is 4.79 Å². The summed E-state index contributed by atoms with van der Waals surface area (Å²) in [5.41, 5.74) is 4.31. The first-order valence-electron chi connectivity index (χ1n) is 7.62. The third kappa shape index (κ3) is 2.48. The van der Waals surface area contributed by atoms with Crippen molar-refractivity contribution in [3.63, 3.8) is 0 Å². The average Bonchev–Trinajstić information content (AvgIpc) is 3.25. The van der Waals surface area contributed by atoms with E-state index in [2.05, 4.69) is 28.4 Å². The van der Waals surface area contributed by atoms with Crippen LogP contribution in [-0.4, -0.2) is 12.5 Å². The Morgan fingerprint density at radius 2 is 1.74 bits per heavy atom. The van der Waals surface area contributed by atoms with E-state index in [-0.39, 0.29) is 5.91 Å². The van der Waals surface area contributed by atoms with Crippen LogP contribution in [0.5, 0.6) is 0 Å². The number of benzene rings is 2. The largest absolute Gasteiger partial charge is 0.459 e. The van der Waals surface area contributed by atoms with Crippen molar-refractivity contribution < 1.29 is 9.21 Å². The van der Waals surface area contributed by atoms with E-state index < -0.39 is 0 Å². The van der Waals surface area contributed by atoms with Gasteiger partial charge in [0.1, 0.15) is 0 Å². The second-order valence-electron chi connectivity index (χ2n) is 5.48. The van der Waals surface area contributed by atoms with Crippen molar-refractivity contribution in [3.8, 4) is 0 Å². The second kappa shape index (κ2) is 5.65. The summed E-state index contributed by atoms with van der Waals surface area (Å²) >= 11 is 0. The molecule has 1 N–H and O–H groups in total. The fourth-order valence-corrected chi connectivity index (χ4v) is 2.99. The van der Waals surface area contributed by atoms with Gasteiger partial charge in [-0.05, 0) is 42.3 Å². The molecule has 0 bridgehead atoms. The molecule has 0 unspecified atom stereocenters. The van der Waals surface area contributed by atoms with Crippen molar-refractivity contribution in [3.05, 3.63) is 78.3 Å². The van der Waals surface area contributed by atoms with Crippen LogP contribution in [0.15, 0.2) is 71.3 Å². The molecule has 4 rings (SSSR count). The summed E-state index contributed by atoms with van der Waals surface area (Å²) in [5.74, 6) is 0.0663. The normalized spacial score (nSPS) is 13.0. The van der Waals surface area contributed by atoms with Crippen molar-refractivity contribution in [1.82, 2.24) is 0 Å². The number of furan rings is 1. The highest BCUT2D eigenvalue weighted by Gasteiger charge is 2.22. The minimum Gasteiger partial charge on any atom is -0.459 e. The highest BCUT2D eigenvalue weighted by Crippen LogP contribution is 2.38. The van der Waals surface area contributed by atoms with Gasteiger partial charge in [-0.25, -0.2) is 0 Å². The average molecular weight is 304 g/mol. The molecule has 0 aliphatic carbocycles. The first kappa shape index (κ1) is 13.6. The number of para-hydroxylation sites is 3. The summed E-state index contributed by atoms with van der Waals surface area (Å²) in [6.07, 6.45) is 2.51. The van der Waals surface area contributed by atoms with E-state index in [0.717, 1.165) is 24.3 Å². The van der Waals surface area contributed by atoms with Gasteiger partial charge in [0.2, 0.25) is 0 Å². The molecule has 0 spiro atoms. The summed E-state index contributed by atoms with van der Waals surface area (Å²) in [6, 6.07) is 19.6. The number of carbonyl (C=O) groups excluding carboxylic acids is 1. The number of amides is 1. The second-order valence-corrected chi connectivity index (χ2v) is 5.48. The molecule has 0 radical (unpaired) electrons. The Bertz CT molecular complexity index is 840. The van der Waals surface area contributed by atoms with Crippen molar-refractivity contribution in [2.75, 3.05) is 16.8 Å². The standard InChI is InChI=1S/C19H16N2O2/c22-19(18-10-5-13-23-18)20-15-7-2-4-9-17(15)21-12-11-14-6-1-3-8-16(14)21/h1-10,13H,11-12H2,(H,20,22). The van der Waals surface area contributed by atoms with Crippen molar-refractivity contribution in [2.24, 2.45) is 0 Å². The van der Waals surface area contributed by atoms with E-state index in [9.17, 15) is 4.79 Å². The Hall–Kier alpha value is -3.01. The predicted molar refractivity (Wildman–Crippen MR) is 90.3 cm³/mol. The maximum atomic E-state index is 12.3. The van der Waals surface area contributed by atoms with Crippen LogP contribution in [0.25, 0.3) is 0 Å². The molecule has 1 aliphatic heterocycles. The van der Waals surface area contributed by atoms with Gasteiger partial charge >= 0.3 is 0 Å². The summed E-state index contributed by atoms with van der Waals surface area (Å²) in [4.78, 5) is 14.5. The van der Waals surface area contributed by atoms with Gasteiger partial charge in [0, 0.05) is 12.2 Å².